The molecule has 4 heteroatoms. The fourth-order valence-corrected chi connectivity index (χ4v) is 1.15. The summed E-state index contributed by atoms with van der Waals surface area (Å²) in [4.78, 5) is 0. The van der Waals surface area contributed by atoms with E-state index in [0.717, 1.165) is 12.2 Å². The van der Waals surface area contributed by atoms with E-state index in [9.17, 15) is 0 Å². The van der Waals surface area contributed by atoms with Gasteiger partial charge in [-0.3, -0.25) is 4.68 Å². The first-order valence-electron chi connectivity index (χ1n) is 4.04. The van der Waals surface area contributed by atoms with Crippen LogP contribution in [0.3, 0.4) is 0 Å². The summed E-state index contributed by atoms with van der Waals surface area (Å²) in [6.45, 7) is 4.48. The Labute approximate surface area is 72.0 Å². The fourth-order valence-electron chi connectivity index (χ4n) is 1.15. The maximum absolute atomic E-state index is 9.02. The molecule has 0 aliphatic heterocycles. The molecule has 4 nitrogen and oxygen atoms in total. The molecule has 1 unspecified atom stereocenters. The number of rotatable bonds is 3. The third kappa shape index (κ3) is 1.49. The minimum Gasteiger partial charge on any atom is -0.394 e. The van der Waals surface area contributed by atoms with Crippen LogP contribution >= 0.6 is 0 Å². The van der Waals surface area contributed by atoms with Gasteiger partial charge in [0.25, 0.3) is 0 Å². The second-order valence-electron chi connectivity index (χ2n) is 3.11. The van der Waals surface area contributed by atoms with E-state index in [1.54, 1.807) is 17.8 Å². The third-order valence-electron chi connectivity index (χ3n) is 1.93. The van der Waals surface area contributed by atoms with Gasteiger partial charge in [-0.1, -0.05) is 0 Å². The Balaban J connectivity index is 3.00. The molecule has 0 aromatic carbocycles. The van der Waals surface area contributed by atoms with Crippen LogP contribution in [0.4, 0.5) is 0 Å². The normalized spacial score (nSPS) is 16.0. The van der Waals surface area contributed by atoms with Gasteiger partial charge in [-0.25, -0.2) is 0 Å². The molecule has 1 aromatic rings. The van der Waals surface area contributed by atoms with Crippen molar-refractivity contribution in [1.29, 1.82) is 0 Å². The topological polar surface area (TPSA) is 64.1 Å². The molecule has 1 rings (SSSR count). The molecule has 1 heterocycles. The summed E-state index contributed by atoms with van der Waals surface area (Å²) in [6, 6.07) is 1.83. The SMILES string of the molecule is CCn1nccc1C(C)(N)CO. The van der Waals surface area contributed by atoms with E-state index < -0.39 is 5.54 Å². The molecular formula is C8H15N3O. The standard InChI is InChI=1S/C8H15N3O/c1-3-11-7(4-5-10-11)8(2,9)6-12/h4-5,12H,3,6,9H2,1-2H3. The van der Waals surface area contributed by atoms with Crippen LogP contribution in [0, 0.1) is 0 Å². The summed E-state index contributed by atoms with van der Waals surface area (Å²) < 4.78 is 1.79. The van der Waals surface area contributed by atoms with Crippen molar-refractivity contribution in [1.82, 2.24) is 9.78 Å². The van der Waals surface area contributed by atoms with Crippen molar-refractivity contribution < 1.29 is 5.11 Å². The Morgan fingerprint density at radius 3 is 2.92 bits per heavy atom. The lowest BCUT2D eigenvalue weighted by atomic mass is 10.0. The highest BCUT2D eigenvalue weighted by Crippen LogP contribution is 2.15. The molecule has 1 atom stereocenters. The van der Waals surface area contributed by atoms with E-state index in [1.165, 1.54) is 0 Å². The number of aliphatic hydroxyl groups excluding tert-OH is 1. The third-order valence-corrected chi connectivity index (χ3v) is 1.93. The molecule has 0 amide bonds. The minimum atomic E-state index is -0.688. The lowest BCUT2D eigenvalue weighted by molar-refractivity contribution is 0.202. The van der Waals surface area contributed by atoms with Crippen LogP contribution in [0.2, 0.25) is 0 Å². The van der Waals surface area contributed by atoms with Crippen molar-refractivity contribution in [3.63, 3.8) is 0 Å². The number of aliphatic hydroxyl groups is 1. The van der Waals surface area contributed by atoms with Gasteiger partial charge in [0.2, 0.25) is 0 Å². The maximum Gasteiger partial charge on any atom is 0.0785 e. The van der Waals surface area contributed by atoms with Gasteiger partial charge < -0.3 is 10.8 Å². The zero-order valence-corrected chi connectivity index (χ0v) is 7.49. The summed E-state index contributed by atoms with van der Waals surface area (Å²) in [5, 5.41) is 13.1. The van der Waals surface area contributed by atoms with Gasteiger partial charge in [0.15, 0.2) is 0 Å². The fraction of sp³-hybridized carbons (Fsp3) is 0.625. The van der Waals surface area contributed by atoms with Crippen molar-refractivity contribution in [3.8, 4) is 0 Å². The predicted molar refractivity (Wildman–Crippen MR) is 46.5 cm³/mol. The van der Waals surface area contributed by atoms with E-state index in [0.29, 0.717) is 0 Å². The van der Waals surface area contributed by atoms with Crippen molar-refractivity contribution in [2.45, 2.75) is 25.9 Å². The van der Waals surface area contributed by atoms with Crippen molar-refractivity contribution in [3.05, 3.63) is 18.0 Å². The lowest BCUT2D eigenvalue weighted by Gasteiger charge is -2.22. The number of nitrogens with zero attached hydrogens (tertiary/aromatic N) is 2. The quantitative estimate of drug-likeness (QED) is 0.673. The predicted octanol–water partition coefficient (Wildman–Crippen LogP) is 0.0692. The molecule has 0 aliphatic rings. The van der Waals surface area contributed by atoms with Crippen LogP contribution in [0.5, 0.6) is 0 Å². The van der Waals surface area contributed by atoms with Crippen LogP contribution in [0.25, 0.3) is 0 Å². The number of hydrogen-bond donors (Lipinski definition) is 2. The van der Waals surface area contributed by atoms with E-state index in [2.05, 4.69) is 5.10 Å². The molecule has 0 saturated heterocycles. The number of nitrogens with two attached hydrogens (primary N) is 1. The van der Waals surface area contributed by atoms with Crippen LogP contribution in [-0.2, 0) is 12.1 Å². The van der Waals surface area contributed by atoms with E-state index in [4.69, 9.17) is 10.8 Å². The summed E-state index contributed by atoms with van der Waals surface area (Å²) in [5.41, 5.74) is 6.03. The van der Waals surface area contributed by atoms with Gasteiger partial charge in [0.1, 0.15) is 0 Å². The van der Waals surface area contributed by atoms with Crippen LogP contribution in [0.1, 0.15) is 19.5 Å². The molecule has 68 valence electrons. The van der Waals surface area contributed by atoms with Crippen LogP contribution in [0.15, 0.2) is 12.3 Å². The molecule has 0 spiro atoms. The minimum absolute atomic E-state index is 0.0707. The molecule has 0 fully saturated rings. The van der Waals surface area contributed by atoms with E-state index in [-0.39, 0.29) is 6.61 Å². The number of aryl methyl sites for hydroxylation is 1. The highest BCUT2D eigenvalue weighted by Gasteiger charge is 2.23. The van der Waals surface area contributed by atoms with E-state index in [1.807, 2.05) is 13.0 Å². The summed E-state index contributed by atoms with van der Waals surface area (Å²) >= 11 is 0. The Morgan fingerprint density at radius 2 is 2.42 bits per heavy atom. The Morgan fingerprint density at radius 1 is 1.75 bits per heavy atom. The van der Waals surface area contributed by atoms with Crippen molar-refractivity contribution >= 4 is 0 Å². The first-order valence-corrected chi connectivity index (χ1v) is 4.04. The molecular weight excluding hydrogens is 154 g/mol. The highest BCUT2D eigenvalue weighted by atomic mass is 16.3. The van der Waals surface area contributed by atoms with Gasteiger partial charge >= 0.3 is 0 Å². The maximum atomic E-state index is 9.02. The average Bonchev–Trinajstić information content (AvgIpc) is 2.52. The highest BCUT2D eigenvalue weighted by molar-refractivity contribution is 5.12. The molecule has 0 radical (unpaired) electrons. The van der Waals surface area contributed by atoms with Gasteiger partial charge in [-0.15, -0.1) is 0 Å². The van der Waals surface area contributed by atoms with Gasteiger partial charge in [-0.05, 0) is 19.9 Å². The summed E-state index contributed by atoms with van der Waals surface area (Å²) in [5.74, 6) is 0. The second kappa shape index (κ2) is 3.25. The van der Waals surface area contributed by atoms with Gasteiger partial charge in [0, 0.05) is 12.7 Å². The first-order chi connectivity index (χ1) is 5.61. The number of hydrogen-bond acceptors (Lipinski definition) is 3. The largest absolute Gasteiger partial charge is 0.394 e. The van der Waals surface area contributed by atoms with Gasteiger partial charge in [0.05, 0.1) is 17.8 Å². The summed E-state index contributed by atoms with van der Waals surface area (Å²) in [7, 11) is 0. The second-order valence-corrected chi connectivity index (χ2v) is 3.11. The monoisotopic (exact) mass is 169 g/mol. The average molecular weight is 169 g/mol. The lowest BCUT2D eigenvalue weighted by Crippen LogP contribution is -2.39. The zero-order valence-electron chi connectivity index (χ0n) is 7.49. The molecule has 12 heavy (non-hydrogen) atoms. The van der Waals surface area contributed by atoms with Crippen LogP contribution < -0.4 is 5.73 Å². The molecule has 0 aliphatic carbocycles. The zero-order chi connectivity index (χ0) is 9.19. The van der Waals surface area contributed by atoms with Crippen LogP contribution in [-0.4, -0.2) is 21.5 Å². The number of aromatic nitrogens is 2. The van der Waals surface area contributed by atoms with Crippen molar-refractivity contribution in [2.24, 2.45) is 5.73 Å². The summed E-state index contributed by atoms with van der Waals surface area (Å²) in [6.07, 6.45) is 1.69. The Hall–Kier alpha value is -0.870. The molecule has 0 bridgehead atoms. The Bertz CT molecular complexity index is 255. The van der Waals surface area contributed by atoms with Gasteiger partial charge in [-0.2, -0.15) is 5.10 Å². The molecule has 3 N–H and O–H groups in total. The Kier molecular flexibility index (Phi) is 2.49. The van der Waals surface area contributed by atoms with Crippen molar-refractivity contribution in [2.75, 3.05) is 6.61 Å². The first kappa shape index (κ1) is 9.22. The molecule has 1 aromatic heterocycles. The molecule has 0 saturated carbocycles. The smallest absolute Gasteiger partial charge is 0.0785 e. The van der Waals surface area contributed by atoms with E-state index >= 15 is 0 Å².